The molecule has 0 fully saturated rings. The largest absolute Gasteiger partial charge is 0.480 e. The first-order chi connectivity index (χ1) is 6.36. The molecule has 0 aromatic rings. The predicted molar refractivity (Wildman–Crippen MR) is 48.9 cm³/mol. The maximum atomic E-state index is 9.87. The first kappa shape index (κ1) is 15.3. The van der Waals surface area contributed by atoms with Crippen molar-refractivity contribution in [3.63, 3.8) is 0 Å². The smallest absolute Gasteiger partial charge is 0.322 e. The highest BCUT2D eigenvalue weighted by molar-refractivity contribution is 5.73. The van der Waals surface area contributed by atoms with Gasteiger partial charge in [-0.1, -0.05) is 0 Å². The van der Waals surface area contributed by atoms with Gasteiger partial charge in [-0.15, -0.1) is 0 Å². The van der Waals surface area contributed by atoms with Crippen LogP contribution in [0.3, 0.4) is 0 Å². The molecule has 0 unspecified atom stereocenters. The van der Waals surface area contributed by atoms with Gasteiger partial charge in [0.2, 0.25) is 0 Å². The second-order valence-corrected chi connectivity index (χ2v) is 2.48. The number of nitrogens with one attached hydrogen (secondary N) is 1. The van der Waals surface area contributed by atoms with Crippen LogP contribution in [0.2, 0.25) is 0 Å². The van der Waals surface area contributed by atoms with Crippen LogP contribution in [-0.2, 0) is 9.59 Å². The van der Waals surface area contributed by atoms with Gasteiger partial charge in [-0.05, 0) is 14.0 Å². The van der Waals surface area contributed by atoms with Crippen LogP contribution < -0.4 is 11.1 Å². The van der Waals surface area contributed by atoms with Crippen molar-refractivity contribution in [1.29, 1.82) is 0 Å². The molecule has 0 bridgehead atoms. The van der Waals surface area contributed by atoms with Crippen molar-refractivity contribution >= 4 is 11.9 Å². The molecule has 0 radical (unpaired) electrons. The molecular formula is C7H16N2O5. The highest BCUT2D eigenvalue weighted by Crippen LogP contribution is 1.74. The number of aliphatic hydroxyl groups is 1. The second kappa shape index (κ2) is 8.42. The van der Waals surface area contributed by atoms with Gasteiger partial charge in [-0.3, -0.25) is 9.59 Å². The number of likely N-dealkylation sites (N-methyl/N-ethyl adjacent to an activating group) is 1. The summed E-state index contributed by atoms with van der Waals surface area (Å²) in [6, 6.07) is -1.56. The summed E-state index contributed by atoms with van der Waals surface area (Å²) in [7, 11) is 1.61. The lowest BCUT2D eigenvalue weighted by atomic mass is 10.3. The van der Waals surface area contributed by atoms with E-state index in [2.05, 4.69) is 5.32 Å². The molecule has 6 N–H and O–H groups in total. The molecule has 0 saturated heterocycles. The number of nitrogens with two attached hydrogens (primary N) is 1. The first-order valence-electron chi connectivity index (χ1n) is 3.86. The van der Waals surface area contributed by atoms with E-state index in [9.17, 15) is 9.59 Å². The molecule has 0 aromatic carbocycles. The molecule has 14 heavy (non-hydrogen) atoms. The van der Waals surface area contributed by atoms with Crippen LogP contribution >= 0.6 is 0 Å². The van der Waals surface area contributed by atoms with Crippen molar-refractivity contribution in [3.8, 4) is 0 Å². The van der Waals surface area contributed by atoms with E-state index in [0.29, 0.717) is 0 Å². The maximum Gasteiger partial charge on any atom is 0.322 e. The van der Waals surface area contributed by atoms with E-state index >= 15 is 0 Å². The number of rotatable bonds is 4. The molecule has 0 spiro atoms. The quantitative estimate of drug-likeness (QED) is 0.363. The van der Waals surface area contributed by atoms with Crippen molar-refractivity contribution in [2.24, 2.45) is 5.73 Å². The fourth-order valence-corrected chi connectivity index (χ4v) is 0.202. The first-order valence-corrected chi connectivity index (χ1v) is 3.86. The van der Waals surface area contributed by atoms with Gasteiger partial charge in [0.05, 0.1) is 6.61 Å². The van der Waals surface area contributed by atoms with Crippen LogP contribution in [0.4, 0.5) is 0 Å². The van der Waals surface area contributed by atoms with Gasteiger partial charge in [-0.25, -0.2) is 0 Å². The Labute approximate surface area is 81.5 Å². The second-order valence-electron chi connectivity index (χ2n) is 2.48. The topological polar surface area (TPSA) is 133 Å². The van der Waals surface area contributed by atoms with Crippen LogP contribution in [0.15, 0.2) is 0 Å². The number of hydrogen-bond donors (Lipinski definition) is 5. The standard InChI is InChI=1S/C4H9NO2.C3H7NO3/c1-3(5-2)4(6)7;4-2(1-5)3(6)7/h3,5H,1-2H3,(H,6,7);2,5H,1,4H2,(H,6,7)/t3-;2-/m00/s1. The van der Waals surface area contributed by atoms with Crippen molar-refractivity contribution in [2.45, 2.75) is 19.0 Å². The average Bonchev–Trinajstić information content (AvgIpc) is 2.15. The third-order valence-electron chi connectivity index (χ3n) is 1.32. The molecule has 0 aliphatic rings. The zero-order valence-corrected chi connectivity index (χ0v) is 8.10. The Kier molecular flexibility index (Phi) is 9.20. The molecule has 7 nitrogen and oxygen atoms in total. The number of carboxylic acids is 2. The number of aliphatic carboxylic acids is 2. The van der Waals surface area contributed by atoms with Gasteiger partial charge in [0, 0.05) is 0 Å². The summed E-state index contributed by atoms with van der Waals surface area (Å²) in [6.45, 7) is 1.08. The number of carbonyl (C=O) groups is 2. The number of hydrogen-bond acceptors (Lipinski definition) is 5. The minimum Gasteiger partial charge on any atom is -0.480 e. The Balaban J connectivity index is 0. The summed E-state index contributed by atoms with van der Waals surface area (Å²) in [6.07, 6.45) is 0. The molecular weight excluding hydrogens is 192 g/mol. The van der Waals surface area contributed by atoms with Crippen molar-refractivity contribution in [3.05, 3.63) is 0 Å². The summed E-state index contributed by atoms with van der Waals surface area (Å²) in [5, 5.41) is 26.6. The summed E-state index contributed by atoms with van der Waals surface area (Å²) in [4.78, 5) is 19.5. The summed E-state index contributed by atoms with van der Waals surface area (Å²) >= 11 is 0. The lowest BCUT2D eigenvalue weighted by Crippen LogP contribution is -2.33. The highest BCUT2D eigenvalue weighted by atomic mass is 16.4. The third-order valence-corrected chi connectivity index (χ3v) is 1.32. The summed E-state index contributed by atoms with van der Waals surface area (Å²) in [5.41, 5.74) is 4.77. The van der Waals surface area contributed by atoms with Crippen LogP contribution in [0, 0.1) is 0 Å². The summed E-state index contributed by atoms with van der Waals surface area (Å²) in [5.74, 6) is -2.00. The fraction of sp³-hybridized carbons (Fsp3) is 0.714. The number of carboxylic acid groups (broad SMARTS) is 2. The molecule has 0 heterocycles. The minimum atomic E-state index is -1.18. The Morgan fingerprint density at radius 2 is 1.79 bits per heavy atom. The molecule has 0 amide bonds. The Hall–Kier alpha value is -1.18. The monoisotopic (exact) mass is 208 g/mol. The van der Waals surface area contributed by atoms with E-state index in [4.69, 9.17) is 21.1 Å². The van der Waals surface area contributed by atoms with Crippen LogP contribution in [-0.4, -0.2) is 53.0 Å². The van der Waals surface area contributed by atoms with E-state index in [1.54, 1.807) is 14.0 Å². The van der Waals surface area contributed by atoms with Gasteiger partial charge in [0.25, 0.3) is 0 Å². The average molecular weight is 208 g/mol. The van der Waals surface area contributed by atoms with Crippen LogP contribution in [0.25, 0.3) is 0 Å². The Morgan fingerprint density at radius 1 is 1.36 bits per heavy atom. The van der Waals surface area contributed by atoms with Crippen molar-refractivity contribution < 1.29 is 24.9 Å². The third kappa shape index (κ3) is 8.91. The maximum absolute atomic E-state index is 9.87. The number of aliphatic hydroxyl groups excluding tert-OH is 1. The molecule has 7 heteroatoms. The van der Waals surface area contributed by atoms with E-state index < -0.39 is 30.6 Å². The molecule has 0 saturated carbocycles. The van der Waals surface area contributed by atoms with Gasteiger partial charge in [0.1, 0.15) is 12.1 Å². The zero-order valence-electron chi connectivity index (χ0n) is 8.10. The molecule has 84 valence electrons. The molecule has 2 atom stereocenters. The van der Waals surface area contributed by atoms with E-state index in [0.717, 1.165) is 0 Å². The zero-order chi connectivity index (χ0) is 11.7. The minimum absolute atomic E-state index is 0.431. The fourth-order valence-electron chi connectivity index (χ4n) is 0.202. The Bertz CT molecular complexity index is 165. The van der Waals surface area contributed by atoms with Crippen molar-refractivity contribution in [1.82, 2.24) is 5.32 Å². The normalized spacial score (nSPS) is 13.4. The van der Waals surface area contributed by atoms with Crippen molar-refractivity contribution in [2.75, 3.05) is 13.7 Å². The molecule has 0 aromatic heterocycles. The SMILES string of the molecule is CN[C@@H](C)C(=O)O.N[C@@H](CO)C(=O)O. The van der Waals surface area contributed by atoms with Gasteiger partial charge in [-0.2, -0.15) is 0 Å². The molecule has 0 rings (SSSR count). The van der Waals surface area contributed by atoms with E-state index in [-0.39, 0.29) is 0 Å². The molecule has 0 aliphatic carbocycles. The lowest BCUT2D eigenvalue weighted by Gasteiger charge is -1.99. The molecule has 0 aliphatic heterocycles. The van der Waals surface area contributed by atoms with Gasteiger partial charge >= 0.3 is 11.9 Å². The van der Waals surface area contributed by atoms with Gasteiger partial charge in [0.15, 0.2) is 0 Å². The Morgan fingerprint density at radius 3 is 1.79 bits per heavy atom. The van der Waals surface area contributed by atoms with E-state index in [1.807, 2.05) is 0 Å². The van der Waals surface area contributed by atoms with E-state index in [1.165, 1.54) is 0 Å². The lowest BCUT2D eigenvalue weighted by molar-refractivity contribution is -0.140. The van der Waals surface area contributed by atoms with Gasteiger partial charge < -0.3 is 26.4 Å². The summed E-state index contributed by atoms with van der Waals surface area (Å²) < 4.78 is 0. The van der Waals surface area contributed by atoms with Crippen LogP contribution in [0.5, 0.6) is 0 Å². The van der Waals surface area contributed by atoms with Crippen LogP contribution in [0.1, 0.15) is 6.92 Å². The predicted octanol–water partition coefficient (Wildman–Crippen LogP) is -1.93. The highest BCUT2D eigenvalue weighted by Gasteiger charge is 2.07.